The van der Waals surface area contributed by atoms with Crippen LogP contribution in [0.3, 0.4) is 0 Å². The van der Waals surface area contributed by atoms with Crippen LogP contribution in [0.15, 0.2) is 17.4 Å². The lowest BCUT2D eigenvalue weighted by atomic mass is 10.0. The molecular weight excluding hydrogens is 368 g/mol. The molecule has 2 N–H and O–H groups in total. The van der Waals surface area contributed by atoms with Crippen molar-refractivity contribution in [3.8, 4) is 0 Å². The maximum atomic E-state index is 12.1. The number of aryl methyl sites for hydroxylation is 2. The number of aromatic nitrogens is 2. The predicted octanol–water partition coefficient (Wildman–Crippen LogP) is 3.03. The number of rotatable bonds is 9. The van der Waals surface area contributed by atoms with E-state index in [0.29, 0.717) is 5.92 Å². The summed E-state index contributed by atoms with van der Waals surface area (Å²) in [6, 6.07) is 0.0356. The van der Waals surface area contributed by atoms with E-state index in [0.717, 1.165) is 38.4 Å². The van der Waals surface area contributed by atoms with Gasteiger partial charge in [0.15, 0.2) is 5.96 Å². The van der Waals surface area contributed by atoms with Crippen LogP contribution in [0, 0.1) is 12.8 Å². The summed E-state index contributed by atoms with van der Waals surface area (Å²) >= 11 is 0. The number of carbonyl (C=O) groups is 1. The summed E-state index contributed by atoms with van der Waals surface area (Å²) < 4.78 is 7.35. The summed E-state index contributed by atoms with van der Waals surface area (Å²) in [6.07, 6.45) is 5.32. The zero-order chi connectivity index (χ0) is 22.0. The third-order valence-electron chi connectivity index (χ3n) is 4.47. The normalized spacial score (nSPS) is 13.3. The summed E-state index contributed by atoms with van der Waals surface area (Å²) in [4.78, 5) is 18.6. The SMILES string of the molecule is CN=C(NCCCn1cc(C)cn1)N(C)CCC(NC(=O)OC(C)(C)C)C(C)C. The van der Waals surface area contributed by atoms with Gasteiger partial charge in [0.1, 0.15) is 5.60 Å². The molecule has 1 rings (SSSR count). The highest BCUT2D eigenvalue weighted by Crippen LogP contribution is 2.11. The Morgan fingerprint density at radius 2 is 2.07 bits per heavy atom. The Morgan fingerprint density at radius 3 is 2.59 bits per heavy atom. The van der Waals surface area contributed by atoms with Gasteiger partial charge in [0, 0.05) is 46.0 Å². The van der Waals surface area contributed by atoms with Gasteiger partial charge in [0.25, 0.3) is 0 Å². The van der Waals surface area contributed by atoms with Gasteiger partial charge in [-0.25, -0.2) is 4.79 Å². The lowest BCUT2D eigenvalue weighted by molar-refractivity contribution is 0.0486. The van der Waals surface area contributed by atoms with Gasteiger partial charge < -0.3 is 20.3 Å². The number of guanidine groups is 1. The molecule has 29 heavy (non-hydrogen) atoms. The van der Waals surface area contributed by atoms with Gasteiger partial charge in [-0.15, -0.1) is 0 Å². The molecule has 0 bridgehead atoms. The Kier molecular flexibility index (Phi) is 9.98. The number of hydrogen-bond donors (Lipinski definition) is 2. The molecule has 0 saturated heterocycles. The standard InChI is InChI=1S/C21H40N6O2/c1-16(2)18(25-20(28)29-21(4,5)6)10-13-26(8)19(22-7)23-11-9-12-27-15-17(3)14-24-27/h14-16,18H,9-13H2,1-8H3,(H,22,23)(H,25,28). The Hall–Kier alpha value is -2.25. The molecule has 8 nitrogen and oxygen atoms in total. The van der Waals surface area contributed by atoms with E-state index >= 15 is 0 Å². The van der Waals surface area contributed by atoms with Gasteiger partial charge in [-0.3, -0.25) is 9.67 Å². The predicted molar refractivity (Wildman–Crippen MR) is 118 cm³/mol. The minimum absolute atomic E-state index is 0.0356. The molecule has 1 aromatic rings. The quantitative estimate of drug-likeness (QED) is 0.373. The Bertz CT molecular complexity index is 648. The van der Waals surface area contributed by atoms with Crippen molar-refractivity contribution < 1.29 is 9.53 Å². The maximum Gasteiger partial charge on any atom is 0.407 e. The first kappa shape index (κ1) is 24.8. The van der Waals surface area contributed by atoms with E-state index in [9.17, 15) is 4.79 Å². The molecule has 0 aliphatic heterocycles. The van der Waals surface area contributed by atoms with Crippen molar-refractivity contribution in [1.82, 2.24) is 25.3 Å². The fourth-order valence-electron chi connectivity index (χ4n) is 2.88. The van der Waals surface area contributed by atoms with E-state index in [1.165, 1.54) is 5.56 Å². The first-order valence-electron chi connectivity index (χ1n) is 10.4. The van der Waals surface area contributed by atoms with Crippen LogP contribution in [-0.2, 0) is 11.3 Å². The number of nitrogens with zero attached hydrogens (tertiary/aromatic N) is 4. The summed E-state index contributed by atoms with van der Waals surface area (Å²) in [6.45, 7) is 14.3. The van der Waals surface area contributed by atoms with Gasteiger partial charge in [0.2, 0.25) is 0 Å². The molecule has 1 unspecified atom stereocenters. The summed E-state index contributed by atoms with van der Waals surface area (Å²) in [7, 11) is 3.80. The molecular formula is C21H40N6O2. The van der Waals surface area contributed by atoms with Gasteiger partial charge in [-0.2, -0.15) is 5.10 Å². The van der Waals surface area contributed by atoms with Crippen LogP contribution in [-0.4, -0.2) is 65.6 Å². The highest BCUT2D eigenvalue weighted by atomic mass is 16.6. The van der Waals surface area contributed by atoms with E-state index in [1.807, 2.05) is 51.8 Å². The topological polar surface area (TPSA) is 83.8 Å². The molecule has 0 aliphatic carbocycles. The minimum atomic E-state index is -0.497. The van der Waals surface area contributed by atoms with Crippen LogP contribution < -0.4 is 10.6 Å². The molecule has 0 radical (unpaired) electrons. The molecule has 0 aliphatic rings. The highest BCUT2D eigenvalue weighted by molar-refractivity contribution is 5.79. The molecule has 0 saturated carbocycles. The molecule has 1 atom stereocenters. The Balaban J connectivity index is 2.42. The molecule has 1 aromatic heterocycles. The Labute approximate surface area is 176 Å². The maximum absolute atomic E-state index is 12.1. The van der Waals surface area contributed by atoms with Crippen molar-refractivity contribution in [2.45, 2.75) is 72.6 Å². The van der Waals surface area contributed by atoms with Crippen molar-refractivity contribution in [2.24, 2.45) is 10.9 Å². The third-order valence-corrected chi connectivity index (χ3v) is 4.47. The van der Waals surface area contributed by atoms with Crippen molar-refractivity contribution >= 4 is 12.1 Å². The number of aliphatic imine (C=N–C) groups is 1. The van der Waals surface area contributed by atoms with Crippen LogP contribution in [0.2, 0.25) is 0 Å². The molecule has 1 heterocycles. The monoisotopic (exact) mass is 408 g/mol. The largest absolute Gasteiger partial charge is 0.444 e. The summed E-state index contributed by atoms with van der Waals surface area (Å²) in [5.41, 5.74) is 0.677. The van der Waals surface area contributed by atoms with Crippen LogP contribution in [0.5, 0.6) is 0 Å². The number of nitrogens with one attached hydrogen (secondary N) is 2. The first-order chi connectivity index (χ1) is 13.5. The summed E-state index contributed by atoms with van der Waals surface area (Å²) in [5.74, 6) is 1.16. The van der Waals surface area contributed by atoms with Gasteiger partial charge >= 0.3 is 6.09 Å². The number of hydrogen-bond acceptors (Lipinski definition) is 4. The van der Waals surface area contributed by atoms with Gasteiger partial charge in [-0.1, -0.05) is 13.8 Å². The average molecular weight is 409 g/mol. The first-order valence-corrected chi connectivity index (χ1v) is 10.4. The number of amides is 1. The number of ether oxygens (including phenoxy) is 1. The van der Waals surface area contributed by atoms with Gasteiger partial charge in [0.05, 0.1) is 6.20 Å². The second-order valence-corrected chi connectivity index (χ2v) is 8.82. The van der Waals surface area contributed by atoms with Crippen molar-refractivity contribution in [3.63, 3.8) is 0 Å². The van der Waals surface area contributed by atoms with Crippen molar-refractivity contribution in [1.29, 1.82) is 0 Å². The molecule has 0 aromatic carbocycles. The van der Waals surface area contributed by atoms with E-state index in [1.54, 1.807) is 7.05 Å². The number of alkyl carbamates (subject to hydrolysis) is 1. The van der Waals surface area contributed by atoms with E-state index in [2.05, 4.69) is 39.5 Å². The minimum Gasteiger partial charge on any atom is -0.444 e. The molecule has 166 valence electrons. The van der Waals surface area contributed by atoms with E-state index < -0.39 is 5.60 Å². The van der Waals surface area contributed by atoms with Crippen molar-refractivity contribution in [2.75, 3.05) is 27.2 Å². The molecule has 0 fully saturated rings. The lowest BCUT2D eigenvalue weighted by Gasteiger charge is -2.28. The summed E-state index contributed by atoms with van der Waals surface area (Å²) in [5, 5.41) is 10.7. The number of carbonyl (C=O) groups excluding carboxylic acids is 1. The van der Waals surface area contributed by atoms with Crippen LogP contribution in [0.1, 0.15) is 53.0 Å². The molecule has 8 heteroatoms. The van der Waals surface area contributed by atoms with Crippen LogP contribution in [0.25, 0.3) is 0 Å². The molecule has 0 spiro atoms. The van der Waals surface area contributed by atoms with Crippen molar-refractivity contribution in [3.05, 3.63) is 18.0 Å². The smallest absolute Gasteiger partial charge is 0.407 e. The third kappa shape index (κ3) is 10.2. The Morgan fingerprint density at radius 1 is 1.38 bits per heavy atom. The average Bonchev–Trinajstić information content (AvgIpc) is 3.01. The zero-order valence-electron chi connectivity index (χ0n) is 19.5. The lowest BCUT2D eigenvalue weighted by Crippen LogP contribution is -2.45. The second-order valence-electron chi connectivity index (χ2n) is 8.82. The highest BCUT2D eigenvalue weighted by Gasteiger charge is 2.22. The molecule has 1 amide bonds. The fourth-order valence-corrected chi connectivity index (χ4v) is 2.88. The van der Waals surface area contributed by atoms with Gasteiger partial charge in [-0.05, 0) is 52.0 Å². The fraction of sp³-hybridized carbons (Fsp3) is 0.762. The zero-order valence-corrected chi connectivity index (χ0v) is 19.5. The van der Waals surface area contributed by atoms with Crippen LogP contribution >= 0.6 is 0 Å². The second kappa shape index (κ2) is 11.7. The van der Waals surface area contributed by atoms with E-state index in [4.69, 9.17) is 4.74 Å². The van der Waals surface area contributed by atoms with Crippen LogP contribution in [0.4, 0.5) is 4.79 Å². The van der Waals surface area contributed by atoms with E-state index in [-0.39, 0.29) is 12.1 Å².